The van der Waals surface area contributed by atoms with E-state index in [9.17, 15) is 19.5 Å². The Labute approximate surface area is 230 Å². The number of likely N-dealkylation sites (tertiary alicyclic amines) is 1. The van der Waals surface area contributed by atoms with Gasteiger partial charge in [-0.05, 0) is 44.1 Å². The van der Waals surface area contributed by atoms with Crippen LogP contribution in [0.3, 0.4) is 0 Å². The third-order valence-electron chi connectivity index (χ3n) is 8.94. The summed E-state index contributed by atoms with van der Waals surface area (Å²) in [5.41, 5.74) is -0.153. The first kappa shape index (κ1) is 27.9. The molecular formula is C28H39FN4O5Si. The first-order chi connectivity index (χ1) is 18.5. The predicted octanol–water partition coefficient (Wildman–Crippen LogP) is 2.30. The topological polar surface area (TPSA) is 102 Å². The summed E-state index contributed by atoms with van der Waals surface area (Å²) in [5.74, 6) is -1.08. The fourth-order valence-corrected chi connectivity index (χ4v) is 9.73. The molecule has 11 heteroatoms. The van der Waals surface area contributed by atoms with Crippen molar-refractivity contribution in [1.82, 2.24) is 10.2 Å². The fraction of sp³-hybridized carbons (Fsp3) is 0.607. The Morgan fingerprint density at radius 3 is 2.77 bits per heavy atom. The van der Waals surface area contributed by atoms with Gasteiger partial charge in [-0.1, -0.05) is 13.0 Å². The number of ether oxygens (including phenoxy) is 1. The predicted molar refractivity (Wildman–Crippen MR) is 149 cm³/mol. The summed E-state index contributed by atoms with van der Waals surface area (Å²) in [6, 6.07) is 5.26. The molecule has 3 amide bonds. The summed E-state index contributed by atoms with van der Waals surface area (Å²) in [6.45, 7) is 11.0. The number of nitrogens with zero attached hydrogens (tertiary/aromatic N) is 3. The summed E-state index contributed by atoms with van der Waals surface area (Å²) in [4.78, 5) is 45.3. The van der Waals surface area contributed by atoms with Gasteiger partial charge in [0.1, 0.15) is 0 Å². The van der Waals surface area contributed by atoms with Crippen LogP contribution in [0.1, 0.15) is 31.7 Å². The van der Waals surface area contributed by atoms with Crippen molar-refractivity contribution >= 4 is 37.5 Å². The van der Waals surface area contributed by atoms with Gasteiger partial charge in [0.25, 0.3) is 5.91 Å². The number of amides is 3. The standard InChI is InChI=1S/C28H39FN4O5Si/c1-5-11-33-22-9-8-19(32-13-10-30-16-25(32)36)14-21(22)28(27(33)37)18(2)26(39(3,4)29)23(38-28)15-24(35)31-12-6-7-20(31)17-34/h5,8-9,14,18,20,23,26,30,34H,1,6-7,10-13,15-17H2,2-4H3/t18-,20+,23+,26-,28+/m1/s1. The molecule has 0 radical (unpaired) electrons. The normalized spacial score (nSPS) is 30.9. The molecule has 3 fully saturated rings. The molecule has 0 aliphatic carbocycles. The number of hydrogen-bond donors (Lipinski definition) is 2. The van der Waals surface area contributed by atoms with Gasteiger partial charge in [0, 0.05) is 48.9 Å². The number of fused-ring (bicyclic) bond motifs is 2. The highest BCUT2D eigenvalue weighted by molar-refractivity contribution is 6.72. The molecule has 4 aliphatic rings. The summed E-state index contributed by atoms with van der Waals surface area (Å²) in [5, 5.41) is 12.8. The molecule has 1 aromatic rings. The Hall–Kier alpha value is -2.60. The minimum Gasteiger partial charge on any atom is -0.394 e. The van der Waals surface area contributed by atoms with Gasteiger partial charge in [0.05, 0.1) is 37.4 Å². The van der Waals surface area contributed by atoms with Crippen LogP contribution in [0.25, 0.3) is 0 Å². The number of rotatable bonds is 7. The number of aliphatic hydroxyl groups excluding tert-OH is 1. The fourth-order valence-electron chi connectivity index (χ4n) is 7.24. The number of nitrogens with one attached hydrogen (secondary N) is 1. The van der Waals surface area contributed by atoms with E-state index in [1.165, 1.54) is 0 Å². The summed E-state index contributed by atoms with van der Waals surface area (Å²) in [6.07, 6.45) is 2.35. The van der Waals surface area contributed by atoms with Crippen LogP contribution in [0.15, 0.2) is 30.9 Å². The average Bonchev–Trinajstić information content (AvgIpc) is 3.55. The molecule has 5 rings (SSSR count). The number of carbonyl (C=O) groups is 3. The summed E-state index contributed by atoms with van der Waals surface area (Å²) < 4.78 is 22.8. The number of hydrogen-bond acceptors (Lipinski definition) is 6. The lowest BCUT2D eigenvalue weighted by molar-refractivity contribution is -0.149. The summed E-state index contributed by atoms with van der Waals surface area (Å²) in [7, 11) is -3.43. The molecule has 3 saturated heterocycles. The number of halogens is 1. The molecule has 5 atom stereocenters. The quantitative estimate of drug-likeness (QED) is 0.303. The van der Waals surface area contributed by atoms with Gasteiger partial charge in [0.2, 0.25) is 20.2 Å². The van der Waals surface area contributed by atoms with Crippen molar-refractivity contribution in [2.45, 2.75) is 62.6 Å². The lowest BCUT2D eigenvalue weighted by Crippen LogP contribution is -2.48. The molecule has 2 N–H and O–H groups in total. The van der Waals surface area contributed by atoms with Crippen molar-refractivity contribution < 1.29 is 28.3 Å². The van der Waals surface area contributed by atoms with Crippen LogP contribution in [0.4, 0.5) is 15.5 Å². The molecule has 1 spiro atoms. The van der Waals surface area contributed by atoms with Gasteiger partial charge < -0.3 is 34.0 Å². The van der Waals surface area contributed by atoms with E-state index in [0.29, 0.717) is 36.6 Å². The smallest absolute Gasteiger partial charge is 0.264 e. The van der Waals surface area contributed by atoms with E-state index in [1.807, 2.05) is 25.1 Å². The van der Waals surface area contributed by atoms with Crippen LogP contribution < -0.4 is 15.1 Å². The van der Waals surface area contributed by atoms with Crippen LogP contribution in [-0.2, 0) is 24.7 Å². The number of benzene rings is 1. The minimum absolute atomic E-state index is 0.0480. The molecule has 0 aromatic heterocycles. The Morgan fingerprint density at radius 2 is 2.10 bits per heavy atom. The molecule has 39 heavy (non-hydrogen) atoms. The van der Waals surface area contributed by atoms with Crippen LogP contribution in [-0.4, -0.2) is 87.6 Å². The number of aliphatic hydroxyl groups is 1. The monoisotopic (exact) mass is 558 g/mol. The van der Waals surface area contributed by atoms with Gasteiger partial charge >= 0.3 is 0 Å². The minimum atomic E-state index is -3.43. The van der Waals surface area contributed by atoms with E-state index < -0.39 is 31.6 Å². The third-order valence-corrected chi connectivity index (χ3v) is 11.4. The Kier molecular flexibility index (Phi) is 7.47. The number of carbonyl (C=O) groups excluding carboxylic acids is 3. The second-order valence-electron chi connectivity index (χ2n) is 11.7. The zero-order chi connectivity index (χ0) is 28.1. The van der Waals surface area contributed by atoms with E-state index in [4.69, 9.17) is 4.74 Å². The zero-order valence-corrected chi connectivity index (χ0v) is 24.0. The molecule has 0 bridgehead atoms. The molecule has 1 aromatic carbocycles. The van der Waals surface area contributed by atoms with E-state index in [0.717, 1.165) is 12.8 Å². The summed E-state index contributed by atoms with van der Waals surface area (Å²) >= 11 is 0. The van der Waals surface area contributed by atoms with Crippen molar-refractivity contribution in [3.63, 3.8) is 0 Å². The first-order valence-electron chi connectivity index (χ1n) is 13.9. The van der Waals surface area contributed by atoms with Crippen LogP contribution in [0.2, 0.25) is 18.6 Å². The highest BCUT2D eigenvalue weighted by atomic mass is 28.4. The van der Waals surface area contributed by atoms with Crippen LogP contribution in [0, 0.1) is 5.92 Å². The SMILES string of the molecule is C=CCN1C(=O)[C@@]2(O[C@@H](CC(=O)N3CCC[C@H]3CO)[C@H]([Si](C)(C)F)[C@H]2C)c2cc(N3CCNCC3=O)ccc21. The lowest BCUT2D eigenvalue weighted by Gasteiger charge is -2.32. The maximum atomic E-state index is 16.1. The van der Waals surface area contributed by atoms with Crippen LogP contribution in [0.5, 0.6) is 0 Å². The Morgan fingerprint density at radius 1 is 1.33 bits per heavy atom. The maximum Gasteiger partial charge on any atom is 0.264 e. The maximum absolute atomic E-state index is 16.1. The van der Waals surface area contributed by atoms with Crippen molar-refractivity contribution in [3.8, 4) is 0 Å². The average molecular weight is 559 g/mol. The van der Waals surface area contributed by atoms with Gasteiger partial charge in [0.15, 0.2) is 5.60 Å². The van der Waals surface area contributed by atoms with Crippen molar-refractivity contribution in [1.29, 1.82) is 0 Å². The molecule has 4 heterocycles. The largest absolute Gasteiger partial charge is 0.394 e. The van der Waals surface area contributed by atoms with Crippen molar-refractivity contribution in [2.75, 3.05) is 49.1 Å². The Balaban J connectivity index is 1.57. The van der Waals surface area contributed by atoms with Crippen LogP contribution >= 0.6 is 0 Å². The van der Waals surface area contributed by atoms with Crippen molar-refractivity contribution in [3.05, 3.63) is 36.4 Å². The molecule has 0 saturated carbocycles. The van der Waals surface area contributed by atoms with Crippen molar-refractivity contribution in [2.24, 2.45) is 5.92 Å². The van der Waals surface area contributed by atoms with E-state index >= 15 is 4.11 Å². The van der Waals surface area contributed by atoms with E-state index in [1.54, 1.807) is 33.9 Å². The number of anilines is 2. The molecule has 4 aliphatic heterocycles. The van der Waals surface area contributed by atoms with Gasteiger partial charge in [-0.3, -0.25) is 14.4 Å². The molecule has 9 nitrogen and oxygen atoms in total. The molecule has 212 valence electrons. The first-order valence-corrected chi connectivity index (χ1v) is 16.9. The lowest BCUT2D eigenvalue weighted by atomic mass is 9.82. The van der Waals surface area contributed by atoms with E-state index in [-0.39, 0.29) is 49.9 Å². The zero-order valence-electron chi connectivity index (χ0n) is 23.0. The number of piperazine rings is 1. The second kappa shape index (κ2) is 10.4. The second-order valence-corrected chi connectivity index (χ2v) is 15.5. The highest BCUT2D eigenvalue weighted by Crippen LogP contribution is 2.60. The molecular weight excluding hydrogens is 519 g/mol. The highest BCUT2D eigenvalue weighted by Gasteiger charge is 2.67. The molecule has 0 unspecified atom stereocenters. The third kappa shape index (κ3) is 4.53. The van der Waals surface area contributed by atoms with E-state index in [2.05, 4.69) is 11.9 Å². The van der Waals surface area contributed by atoms with Gasteiger partial charge in [-0.2, -0.15) is 0 Å². The van der Waals surface area contributed by atoms with Gasteiger partial charge in [-0.15, -0.1) is 6.58 Å². The van der Waals surface area contributed by atoms with Gasteiger partial charge in [-0.25, -0.2) is 0 Å². The Bertz CT molecular complexity index is 1180.